The van der Waals surface area contributed by atoms with Gasteiger partial charge < -0.3 is 5.73 Å². The molecule has 0 radical (unpaired) electrons. The van der Waals surface area contributed by atoms with Crippen molar-refractivity contribution < 1.29 is 4.79 Å². The molecule has 0 aliphatic rings. The molecule has 2 aromatic carbocycles. The lowest BCUT2D eigenvalue weighted by Gasteiger charge is -2.07. The fourth-order valence-corrected chi connectivity index (χ4v) is 2.24. The molecule has 0 spiro atoms. The molecule has 3 nitrogen and oxygen atoms in total. The molecule has 3 aromatic rings. The molecule has 2 N–H and O–H groups in total. The SMILES string of the molecule is Cc1ccc(C(=O)c2cccc3ncccc23)cc1N. The van der Waals surface area contributed by atoms with E-state index in [2.05, 4.69) is 4.98 Å². The number of benzene rings is 2. The first kappa shape index (κ1) is 12.4. The van der Waals surface area contributed by atoms with Crippen molar-refractivity contribution in [2.24, 2.45) is 0 Å². The van der Waals surface area contributed by atoms with Gasteiger partial charge in [0.2, 0.25) is 0 Å². The number of hydrogen-bond acceptors (Lipinski definition) is 3. The summed E-state index contributed by atoms with van der Waals surface area (Å²) >= 11 is 0. The summed E-state index contributed by atoms with van der Waals surface area (Å²) in [6.07, 6.45) is 1.72. The van der Waals surface area contributed by atoms with Crippen LogP contribution in [-0.4, -0.2) is 10.8 Å². The Labute approximate surface area is 117 Å². The molecule has 0 atom stereocenters. The van der Waals surface area contributed by atoms with Gasteiger partial charge in [-0.3, -0.25) is 9.78 Å². The summed E-state index contributed by atoms with van der Waals surface area (Å²) in [6.45, 7) is 1.92. The van der Waals surface area contributed by atoms with Crippen LogP contribution >= 0.6 is 0 Å². The van der Waals surface area contributed by atoms with E-state index in [9.17, 15) is 4.79 Å². The number of carbonyl (C=O) groups is 1. The summed E-state index contributed by atoms with van der Waals surface area (Å²) in [6, 6.07) is 14.7. The van der Waals surface area contributed by atoms with Gasteiger partial charge in [0.25, 0.3) is 0 Å². The van der Waals surface area contributed by atoms with Crippen LogP contribution in [0.25, 0.3) is 10.9 Å². The fraction of sp³-hybridized carbons (Fsp3) is 0.0588. The van der Waals surface area contributed by atoms with E-state index in [1.54, 1.807) is 12.3 Å². The number of aromatic nitrogens is 1. The Morgan fingerprint density at radius 1 is 1.10 bits per heavy atom. The van der Waals surface area contributed by atoms with Crippen LogP contribution in [0.1, 0.15) is 21.5 Å². The standard InChI is InChI=1S/C17H14N2O/c1-11-7-8-12(10-15(11)18)17(20)14-4-2-6-16-13(14)5-3-9-19-16/h2-10H,18H2,1H3. The van der Waals surface area contributed by atoms with E-state index in [1.807, 2.05) is 49.4 Å². The highest BCUT2D eigenvalue weighted by molar-refractivity contribution is 6.16. The molecule has 0 fully saturated rings. The molecule has 98 valence electrons. The van der Waals surface area contributed by atoms with Crippen LogP contribution in [0.2, 0.25) is 0 Å². The van der Waals surface area contributed by atoms with E-state index in [4.69, 9.17) is 5.73 Å². The summed E-state index contributed by atoms with van der Waals surface area (Å²) in [7, 11) is 0. The van der Waals surface area contributed by atoms with Gasteiger partial charge in [-0.05, 0) is 30.7 Å². The molecule has 0 aliphatic heterocycles. The van der Waals surface area contributed by atoms with Crippen LogP contribution in [0.3, 0.4) is 0 Å². The number of pyridine rings is 1. The Hall–Kier alpha value is -2.68. The second kappa shape index (κ2) is 4.78. The van der Waals surface area contributed by atoms with E-state index in [0.717, 1.165) is 16.5 Å². The number of anilines is 1. The molecule has 1 aromatic heterocycles. The lowest BCUT2D eigenvalue weighted by atomic mass is 9.98. The lowest BCUT2D eigenvalue weighted by molar-refractivity contribution is 0.104. The number of fused-ring (bicyclic) bond motifs is 1. The summed E-state index contributed by atoms with van der Waals surface area (Å²) in [5.41, 5.74) is 9.56. The lowest BCUT2D eigenvalue weighted by Crippen LogP contribution is -2.04. The molecule has 0 saturated heterocycles. The third kappa shape index (κ3) is 2.03. The van der Waals surface area contributed by atoms with Gasteiger partial charge in [-0.2, -0.15) is 0 Å². The highest BCUT2D eigenvalue weighted by Crippen LogP contribution is 2.21. The predicted molar refractivity (Wildman–Crippen MR) is 80.8 cm³/mol. The number of nitrogens with two attached hydrogens (primary N) is 1. The van der Waals surface area contributed by atoms with E-state index < -0.39 is 0 Å². The first-order valence-corrected chi connectivity index (χ1v) is 6.41. The molecule has 3 heteroatoms. The van der Waals surface area contributed by atoms with Gasteiger partial charge in [0.1, 0.15) is 0 Å². The molecule has 0 bridgehead atoms. The maximum atomic E-state index is 12.6. The van der Waals surface area contributed by atoms with Gasteiger partial charge in [0.05, 0.1) is 5.52 Å². The van der Waals surface area contributed by atoms with Crippen molar-refractivity contribution in [3.8, 4) is 0 Å². The Bertz CT molecular complexity index is 804. The Morgan fingerprint density at radius 3 is 2.75 bits per heavy atom. The second-order valence-corrected chi connectivity index (χ2v) is 4.78. The zero-order valence-electron chi connectivity index (χ0n) is 11.1. The minimum atomic E-state index is -0.0321. The predicted octanol–water partition coefficient (Wildman–Crippen LogP) is 3.36. The van der Waals surface area contributed by atoms with Crippen LogP contribution in [0, 0.1) is 6.92 Å². The molecule has 20 heavy (non-hydrogen) atoms. The van der Waals surface area contributed by atoms with Gasteiger partial charge in [-0.1, -0.05) is 30.3 Å². The average Bonchev–Trinajstić information content (AvgIpc) is 2.49. The highest BCUT2D eigenvalue weighted by atomic mass is 16.1. The first-order chi connectivity index (χ1) is 9.66. The van der Waals surface area contributed by atoms with Gasteiger partial charge in [0, 0.05) is 28.4 Å². The third-order valence-electron chi connectivity index (χ3n) is 3.43. The molecule has 1 heterocycles. The zero-order chi connectivity index (χ0) is 14.1. The molecule has 0 saturated carbocycles. The molecule has 0 aliphatic carbocycles. The van der Waals surface area contributed by atoms with Crippen molar-refractivity contribution in [1.82, 2.24) is 4.98 Å². The minimum Gasteiger partial charge on any atom is -0.398 e. The summed E-state index contributed by atoms with van der Waals surface area (Å²) < 4.78 is 0. The van der Waals surface area contributed by atoms with Crippen LogP contribution in [0.4, 0.5) is 5.69 Å². The number of nitrogens with zero attached hydrogens (tertiary/aromatic N) is 1. The van der Waals surface area contributed by atoms with Crippen molar-refractivity contribution >= 4 is 22.4 Å². The maximum Gasteiger partial charge on any atom is 0.193 e. The van der Waals surface area contributed by atoms with Gasteiger partial charge in [0.15, 0.2) is 5.78 Å². The molecular weight excluding hydrogens is 248 g/mol. The Kier molecular flexibility index (Phi) is 2.95. The monoisotopic (exact) mass is 262 g/mol. The normalized spacial score (nSPS) is 10.7. The smallest absolute Gasteiger partial charge is 0.193 e. The number of ketones is 1. The van der Waals surface area contributed by atoms with Crippen molar-refractivity contribution in [2.45, 2.75) is 6.92 Å². The van der Waals surface area contributed by atoms with E-state index in [1.165, 1.54) is 0 Å². The van der Waals surface area contributed by atoms with Crippen molar-refractivity contribution in [1.29, 1.82) is 0 Å². The number of rotatable bonds is 2. The Morgan fingerprint density at radius 2 is 1.95 bits per heavy atom. The van der Waals surface area contributed by atoms with Crippen molar-refractivity contribution in [3.05, 3.63) is 71.4 Å². The first-order valence-electron chi connectivity index (χ1n) is 6.41. The molecular formula is C17H14N2O. The van der Waals surface area contributed by atoms with E-state index in [-0.39, 0.29) is 5.78 Å². The van der Waals surface area contributed by atoms with Crippen LogP contribution in [0.15, 0.2) is 54.7 Å². The topological polar surface area (TPSA) is 56.0 Å². The number of aryl methyl sites for hydroxylation is 1. The summed E-state index contributed by atoms with van der Waals surface area (Å²) in [5, 5.41) is 0.860. The van der Waals surface area contributed by atoms with E-state index >= 15 is 0 Å². The molecule has 0 amide bonds. The fourth-order valence-electron chi connectivity index (χ4n) is 2.24. The highest BCUT2D eigenvalue weighted by Gasteiger charge is 2.13. The van der Waals surface area contributed by atoms with Crippen molar-refractivity contribution in [3.63, 3.8) is 0 Å². The third-order valence-corrected chi connectivity index (χ3v) is 3.43. The van der Waals surface area contributed by atoms with Crippen LogP contribution in [0.5, 0.6) is 0 Å². The van der Waals surface area contributed by atoms with Gasteiger partial charge in [-0.25, -0.2) is 0 Å². The number of carbonyl (C=O) groups excluding carboxylic acids is 1. The average molecular weight is 262 g/mol. The van der Waals surface area contributed by atoms with Gasteiger partial charge >= 0.3 is 0 Å². The number of nitrogen functional groups attached to an aromatic ring is 1. The minimum absolute atomic E-state index is 0.0321. The zero-order valence-corrected chi connectivity index (χ0v) is 11.1. The largest absolute Gasteiger partial charge is 0.398 e. The van der Waals surface area contributed by atoms with Crippen molar-refractivity contribution in [2.75, 3.05) is 5.73 Å². The second-order valence-electron chi connectivity index (χ2n) is 4.78. The van der Waals surface area contributed by atoms with Gasteiger partial charge in [-0.15, -0.1) is 0 Å². The molecule has 3 rings (SSSR count). The summed E-state index contributed by atoms with van der Waals surface area (Å²) in [4.78, 5) is 16.9. The molecule has 0 unspecified atom stereocenters. The quantitative estimate of drug-likeness (QED) is 0.569. The maximum absolute atomic E-state index is 12.6. The van der Waals surface area contributed by atoms with E-state index in [0.29, 0.717) is 16.8 Å². The Balaban J connectivity index is 2.15. The number of hydrogen-bond donors (Lipinski definition) is 1. The van der Waals surface area contributed by atoms with Crippen LogP contribution in [-0.2, 0) is 0 Å². The summed E-state index contributed by atoms with van der Waals surface area (Å²) in [5.74, 6) is -0.0321. The van der Waals surface area contributed by atoms with Crippen LogP contribution < -0.4 is 5.73 Å².